The van der Waals surface area contributed by atoms with Gasteiger partial charge in [0.25, 0.3) is 11.4 Å². The zero-order valence-electron chi connectivity index (χ0n) is 17.4. The summed E-state index contributed by atoms with van der Waals surface area (Å²) >= 11 is 0. The fourth-order valence-corrected chi connectivity index (χ4v) is 2.74. The first kappa shape index (κ1) is 23.5. The lowest BCUT2D eigenvalue weighted by Crippen LogP contribution is -2.12. The maximum atomic E-state index is 12.4. The maximum Gasteiger partial charge on any atom is 0.343 e. The zero-order chi connectivity index (χ0) is 24.8. The van der Waals surface area contributed by atoms with Crippen molar-refractivity contribution in [2.24, 2.45) is 0 Å². The molecule has 0 saturated heterocycles. The van der Waals surface area contributed by atoms with E-state index >= 15 is 0 Å². The first-order valence-corrected chi connectivity index (χ1v) is 9.48. The number of nitro groups is 2. The summed E-state index contributed by atoms with van der Waals surface area (Å²) in [4.78, 5) is 56.6. The molecule has 12 nitrogen and oxygen atoms in total. The Hall–Kier alpha value is -5.13. The summed E-state index contributed by atoms with van der Waals surface area (Å²) in [6.45, 7) is 1.25. The Labute approximate surface area is 191 Å². The van der Waals surface area contributed by atoms with Crippen molar-refractivity contribution in [3.63, 3.8) is 0 Å². The molecule has 0 unspecified atom stereocenters. The average Bonchev–Trinajstić information content (AvgIpc) is 2.78. The normalized spacial score (nSPS) is 10.1. The molecule has 0 spiro atoms. The van der Waals surface area contributed by atoms with E-state index in [-0.39, 0.29) is 39.7 Å². The SMILES string of the molecule is CC(=O)Nc1cc(OC(=O)c2ccc([N+](=O)[O-])cc2)cc(OC(=O)c2ccc([N+](=O)[O-])cc2)c1. The lowest BCUT2D eigenvalue weighted by atomic mass is 10.2. The van der Waals surface area contributed by atoms with Crippen LogP contribution in [0.15, 0.2) is 66.7 Å². The number of hydrogen-bond acceptors (Lipinski definition) is 9. The second-order valence-corrected chi connectivity index (χ2v) is 6.76. The number of esters is 2. The van der Waals surface area contributed by atoms with E-state index in [1.165, 1.54) is 49.4 Å². The predicted molar refractivity (Wildman–Crippen MR) is 117 cm³/mol. The summed E-state index contributed by atoms with van der Waals surface area (Å²) in [5, 5.41) is 24.0. The third-order valence-electron chi connectivity index (χ3n) is 4.25. The fourth-order valence-electron chi connectivity index (χ4n) is 2.74. The second kappa shape index (κ2) is 9.99. The van der Waals surface area contributed by atoms with E-state index in [9.17, 15) is 34.6 Å². The molecule has 0 aliphatic heterocycles. The van der Waals surface area contributed by atoms with E-state index in [1.54, 1.807) is 0 Å². The minimum Gasteiger partial charge on any atom is -0.423 e. The van der Waals surface area contributed by atoms with E-state index in [0.29, 0.717) is 0 Å². The lowest BCUT2D eigenvalue weighted by Gasteiger charge is -2.11. The number of rotatable bonds is 7. The topological polar surface area (TPSA) is 168 Å². The van der Waals surface area contributed by atoms with Crippen LogP contribution in [0.3, 0.4) is 0 Å². The molecule has 0 fully saturated rings. The summed E-state index contributed by atoms with van der Waals surface area (Å²) in [5.74, 6) is -2.29. The molecular formula is C22H15N3O9. The van der Waals surface area contributed by atoms with Gasteiger partial charge in [0.05, 0.1) is 21.0 Å². The number of hydrogen-bond donors (Lipinski definition) is 1. The monoisotopic (exact) mass is 465 g/mol. The van der Waals surface area contributed by atoms with Crippen LogP contribution in [-0.4, -0.2) is 27.7 Å². The van der Waals surface area contributed by atoms with Gasteiger partial charge in [-0.1, -0.05) is 0 Å². The minimum absolute atomic E-state index is 0.0277. The molecule has 172 valence electrons. The summed E-state index contributed by atoms with van der Waals surface area (Å²) in [5.41, 5.74) is -0.192. The van der Waals surface area contributed by atoms with Crippen LogP contribution in [0, 0.1) is 20.2 Å². The molecule has 1 amide bonds. The molecule has 3 rings (SSSR count). The molecule has 3 aromatic carbocycles. The van der Waals surface area contributed by atoms with Gasteiger partial charge in [0.2, 0.25) is 5.91 Å². The maximum absolute atomic E-state index is 12.4. The number of carbonyl (C=O) groups excluding carboxylic acids is 3. The van der Waals surface area contributed by atoms with Crippen LogP contribution in [0.5, 0.6) is 11.5 Å². The smallest absolute Gasteiger partial charge is 0.343 e. The molecule has 0 radical (unpaired) electrons. The van der Waals surface area contributed by atoms with Gasteiger partial charge in [-0.2, -0.15) is 0 Å². The Morgan fingerprint density at radius 3 is 1.41 bits per heavy atom. The Kier molecular flexibility index (Phi) is 6.92. The van der Waals surface area contributed by atoms with Gasteiger partial charge in [-0.15, -0.1) is 0 Å². The Morgan fingerprint density at radius 2 is 1.09 bits per heavy atom. The Morgan fingerprint density at radius 1 is 0.706 bits per heavy atom. The van der Waals surface area contributed by atoms with Crippen LogP contribution >= 0.6 is 0 Å². The average molecular weight is 465 g/mol. The number of amides is 1. The third-order valence-corrected chi connectivity index (χ3v) is 4.25. The number of carbonyl (C=O) groups is 3. The molecule has 34 heavy (non-hydrogen) atoms. The van der Waals surface area contributed by atoms with Crippen molar-refractivity contribution in [3.8, 4) is 11.5 Å². The van der Waals surface area contributed by atoms with E-state index in [4.69, 9.17) is 9.47 Å². The number of nitrogens with one attached hydrogen (secondary N) is 1. The highest BCUT2D eigenvalue weighted by Crippen LogP contribution is 2.28. The van der Waals surface area contributed by atoms with Crippen LogP contribution in [0.1, 0.15) is 27.6 Å². The number of non-ortho nitro benzene ring substituents is 2. The van der Waals surface area contributed by atoms with Crippen LogP contribution in [-0.2, 0) is 4.79 Å². The summed E-state index contributed by atoms with van der Waals surface area (Å²) in [6, 6.07) is 13.3. The standard InChI is InChI=1S/C22H15N3O9/c1-13(26)23-16-10-19(33-21(27)14-2-6-17(7-3-14)24(29)30)12-20(11-16)34-22(28)15-4-8-18(9-5-15)25(31)32/h2-12H,1H3,(H,23,26). The van der Waals surface area contributed by atoms with Crippen LogP contribution in [0.25, 0.3) is 0 Å². The largest absolute Gasteiger partial charge is 0.423 e. The predicted octanol–water partition coefficient (Wildman–Crippen LogP) is 3.90. The van der Waals surface area contributed by atoms with Crippen molar-refractivity contribution in [1.29, 1.82) is 0 Å². The van der Waals surface area contributed by atoms with Crippen LogP contribution < -0.4 is 14.8 Å². The number of ether oxygens (including phenoxy) is 2. The molecule has 12 heteroatoms. The molecule has 0 bridgehead atoms. The molecule has 0 saturated carbocycles. The molecule has 1 N–H and O–H groups in total. The summed E-state index contributed by atoms with van der Waals surface area (Å²) in [6.07, 6.45) is 0. The van der Waals surface area contributed by atoms with Crippen molar-refractivity contribution in [1.82, 2.24) is 0 Å². The number of anilines is 1. The summed E-state index contributed by atoms with van der Waals surface area (Å²) < 4.78 is 10.5. The minimum atomic E-state index is -0.845. The van der Waals surface area contributed by atoms with E-state index < -0.39 is 27.7 Å². The molecule has 0 aliphatic rings. The highest BCUT2D eigenvalue weighted by atomic mass is 16.6. The Bertz CT molecular complexity index is 1200. The van der Waals surface area contributed by atoms with Gasteiger partial charge in [-0.3, -0.25) is 25.0 Å². The second-order valence-electron chi connectivity index (χ2n) is 6.76. The Balaban J connectivity index is 1.83. The molecule has 0 aliphatic carbocycles. The van der Waals surface area contributed by atoms with Crippen LogP contribution in [0.4, 0.5) is 17.1 Å². The van der Waals surface area contributed by atoms with Gasteiger partial charge in [-0.05, 0) is 24.3 Å². The lowest BCUT2D eigenvalue weighted by molar-refractivity contribution is -0.385. The van der Waals surface area contributed by atoms with Gasteiger partial charge in [0.1, 0.15) is 11.5 Å². The molecule has 0 heterocycles. The van der Waals surface area contributed by atoms with Crippen molar-refractivity contribution >= 4 is 34.9 Å². The van der Waals surface area contributed by atoms with Crippen molar-refractivity contribution in [2.45, 2.75) is 6.92 Å². The van der Waals surface area contributed by atoms with Crippen molar-refractivity contribution in [2.75, 3.05) is 5.32 Å². The van der Waals surface area contributed by atoms with Gasteiger partial charge < -0.3 is 14.8 Å². The molecular weight excluding hydrogens is 450 g/mol. The van der Waals surface area contributed by atoms with E-state index in [1.807, 2.05) is 0 Å². The fraction of sp³-hybridized carbons (Fsp3) is 0.0455. The summed E-state index contributed by atoms with van der Waals surface area (Å²) in [7, 11) is 0. The molecule has 0 aromatic heterocycles. The quantitative estimate of drug-likeness (QED) is 0.235. The number of benzene rings is 3. The van der Waals surface area contributed by atoms with Gasteiger partial charge in [0, 0.05) is 55.1 Å². The highest BCUT2D eigenvalue weighted by molar-refractivity contribution is 5.93. The number of nitro benzene ring substituents is 2. The van der Waals surface area contributed by atoms with Crippen molar-refractivity contribution in [3.05, 3.63) is 98.1 Å². The van der Waals surface area contributed by atoms with E-state index in [0.717, 1.165) is 24.3 Å². The third kappa shape index (κ3) is 5.97. The zero-order valence-corrected chi connectivity index (χ0v) is 17.4. The molecule has 3 aromatic rings. The van der Waals surface area contributed by atoms with Gasteiger partial charge in [0.15, 0.2) is 0 Å². The van der Waals surface area contributed by atoms with Crippen molar-refractivity contribution < 1.29 is 33.7 Å². The number of nitrogens with zero attached hydrogens (tertiary/aromatic N) is 2. The van der Waals surface area contributed by atoms with E-state index in [2.05, 4.69) is 5.32 Å². The first-order valence-electron chi connectivity index (χ1n) is 9.48. The van der Waals surface area contributed by atoms with Gasteiger partial charge in [-0.25, -0.2) is 9.59 Å². The highest BCUT2D eigenvalue weighted by Gasteiger charge is 2.16. The first-order chi connectivity index (χ1) is 16.1. The van der Waals surface area contributed by atoms with Gasteiger partial charge >= 0.3 is 11.9 Å². The molecule has 0 atom stereocenters. The van der Waals surface area contributed by atoms with Crippen LogP contribution in [0.2, 0.25) is 0 Å².